The summed E-state index contributed by atoms with van der Waals surface area (Å²) in [4.78, 5) is 27.8. The summed E-state index contributed by atoms with van der Waals surface area (Å²) in [7, 11) is 0. The van der Waals surface area contributed by atoms with Crippen LogP contribution in [-0.4, -0.2) is 51.7 Å². The number of hydrogen-bond donors (Lipinski definition) is 1. The van der Waals surface area contributed by atoms with E-state index in [0.717, 1.165) is 46.1 Å². The lowest BCUT2D eigenvalue weighted by Gasteiger charge is -2.35. The summed E-state index contributed by atoms with van der Waals surface area (Å²) < 4.78 is 8.10. The van der Waals surface area contributed by atoms with Gasteiger partial charge in [-0.05, 0) is 61.9 Å². The van der Waals surface area contributed by atoms with Crippen LogP contribution in [0.3, 0.4) is 0 Å². The third-order valence-corrected chi connectivity index (χ3v) is 8.22. The molecule has 2 atom stereocenters. The van der Waals surface area contributed by atoms with E-state index in [2.05, 4.69) is 22.8 Å². The Kier molecular flexibility index (Phi) is 6.15. The van der Waals surface area contributed by atoms with E-state index >= 15 is 0 Å². The first-order valence-corrected chi connectivity index (χ1v) is 13.5. The molecular weight excluding hydrogens is 464 g/mol. The zero-order chi connectivity index (χ0) is 25.7. The highest BCUT2D eigenvalue weighted by Gasteiger charge is 2.33. The molecule has 1 saturated carbocycles. The van der Waals surface area contributed by atoms with E-state index in [4.69, 9.17) is 4.74 Å². The molecule has 2 aromatic carbocycles. The Morgan fingerprint density at radius 2 is 1.70 bits per heavy atom. The van der Waals surface area contributed by atoms with Crippen molar-refractivity contribution in [3.63, 3.8) is 0 Å². The molecule has 2 fully saturated rings. The predicted octanol–water partition coefficient (Wildman–Crippen LogP) is 6.09. The first kappa shape index (κ1) is 24.0. The summed E-state index contributed by atoms with van der Waals surface area (Å²) in [5.41, 5.74) is 6.50. The molecule has 37 heavy (non-hydrogen) atoms. The van der Waals surface area contributed by atoms with Gasteiger partial charge in [0, 0.05) is 35.1 Å². The number of carboxylic acids is 1. The van der Waals surface area contributed by atoms with Crippen molar-refractivity contribution in [3.05, 3.63) is 64.7 Å². The third-order valence-electron chi connectivity index (χ3n) is 8.22. The molecule has 1 N–H and O–H groups in total. The van der Waals surface area contributed by atoms with Crippen LogP contribution in [0.1, 0.15) is 73.4 Å². The second-order valence-corrected chi connectivity index (χ2v) is 10.9. The van der Waals surface area contributed by atoms with Crippen molar-refractivity contribution in [3.8, 4) is 11.3 Å². The molecule has 1 aromatic heterocycles. The van der Waals surface area contributed by atoms with Gasteiger partial charge in [0.2, 0.25) is 0 Å². The molecule has 192 valence electrons. The average Bonchev–Trinajstić information content (AvgIpc) is 3.10. The van der Waals surface area contributed by atoms with E-state index < -0.39 is 5.97 Å². The number of carboxylic acid groups (broad SMARTS) is 1. The van der Waals surface area contributed by atoms with Crippen molar-refractivity contribution in [2.75, 3.05) is 13.1 Å². The number of rotatable bonds is 3. The van der Waals surface area contributed by atoms with Gasteiger partial charge in [-0.3, -0.25) is 4.79 Å². The van der Waals surface area contributed by atoms with Crippen molar-refractivity contribution in [2.45, 2.75) is 70.6 Å². The van der Waals surface area contributed by atoms with E-state index in [-0.39, 0.29) is 23.7 Å². The fourth-order valence-corrected chi connectivity index (χ4v) is 6.69. The monoisotopic (exact) mass is 498 g/mol. The van der Waals surface area contributed by atoms with E-state index in [9.17, 15) is 14.7 Å². The van der Waals surface area contributed by atoms with Crippen LogP contribution in [0.2, 0.25) is 0 Å². The molecule has 3 aromatic rings. The van der Waals surface area contributed by atoms with Crippen LogP contribution in [0, 0.1) is 0 Å². The topological polar surface area (TPSA) is 71.8 Å². The van der Waals surface area contributed by atoms with Crippen molar-refractivity contribution < 1.29 is 19.4 Å². The highest BCUT2D eigenvalue weighted by atomic mass is 16.5. The molecule has 6 rings (SSSR count). The van der Waals surface area contributed by atoms with Gasteiger partial charge in [0.15, 0.2) is 0 Å². The highest BCUT2D eigenvalue weighted by molar-refractivity contribution is 6.03. The van der Waals surface area contributed by atoms with Crippen LogP contribution in [-0.2, 0) is 16.1 Å². The first-order chi connectivity index (χ1) is 17.9. The Bertz CT molecular complexity index is 1400. The summed E-state index contributed by atoms with van der Waals surface area (Å²) >= 11 is 0. The summed E-state index contributed by atoms with van der Waals surface area (Å²) in [6.07, 6.45) is 7.99. The number of hydrogen-bond acceptors (Lipinski definition) is 3. The van der Waals surface area contributed by atoms with E-state index in [0.29, 0.717) is 25.6 Å². The molecule has 1 aliphatic carbocycles. The molecule has 6 heteroatoms. The number of ether oxygens (including phenoxy) is 1. The van der Waals surface area contributed by atoms with Crippen LogP contribution in [0.4, 0.5) is 0 Å². The largest absolute Gasteiger partial charge is 0.478 e. The summed E-state index contributed by atoms with van der Waals surface area (Å²) in [5.74, 6) is -0.483. The minimum Gasteiger partial charge on any atom is -0.478 e. The van der Waals surface area contributed by atoms with Gasteiger partial charge in [0.25, 0.3) is 5.91 Å². The standard InChI is InChI=1S/C31H34N2O4/c1-19-16-32(17-20(2)37-19)30(34)24-14-22-10-6-7-11-25(22)29-28(21-8-4-3-5-9-21)26-13-12-23(31(35)36)15-27(26)33(29)18-24/h6-7,10-15,19-21H,3-5,8-9,16-18H2,1-2H3,(H,35,36)/t19-,20+. The molecule has 0 unspecified atom stereocenters. The van der Waals surface area contributed by atoms with E-state index in [1.54, 1.807) is 12.1 Å². The number of carbonyl (C=O) groups is 2. The Hall–Kier alpha value is -3.38. The number of carbonyl (C=O) groups excluding carboxylic acids is 1. The zero-order valence-electron chi connectivity index (χ0n) is 21.6. The lowest BCUT2D eigenvalue weighted by molar-refractivity contribution is -0.139. The summed E-state index contributed by atoms with van der Waals surface area (Å²) in [6.45, 7) is 5.56. The number of benzene rings is 2. The second-order valence-electron chi connectivity index (χ2n) is 10.9. The van der Waals surface area contributed by atoms with Gasteiger partial charge < -0.3 is 19.3 Å². The molecular formula is C31H34N2O4. The van der Waals surface area contributed by atoms with Gasteiger partial charge in [-0.25, -0.2) is 4.79 Å². The summed E-state index contributed by atoms with van der Waals surface area (Å²) in [6, 6.07) is 13.8. The number of morpholine rings is 1. The van der Waals surface area contributed by atoms with Gasteiger partial charge >= 0.3 is 5.97 Å². The smallest absolute Gasteiger partial charge is 0.335 e. The maximum Gasteiger partial charge on any atom is 0.335 e. The van der Waals surface area contributed by atoms with Gasteiger partial charge in [0.05, 0.1) is 30.0 Å². The molecule has 6 nitrogen and oxygen atoms in total. The molecule has 0 bridgehead atoms. The van der Waals surface area contributed by atoms with Crippen LogP contribution < -0.4 is 0 Å². The minimum atomic E-state index is -0.936. The van der Waals surface area contributed by atoms with Crippen molar-refractivity contribution in [2.24, 2.45) is 0 Å². The normalized spacial score (nSPS) is 22.2. The number of aromatic carboxylic acids is 1. The van der Waals surface area contributed by atoms with Crippen molar-refractivity contribution in [1.82, 2.24) is 9.47 Å². The molecule has 0 spiro atoms. The van der Waals surface area contributed by atoms with Gasteiger partial charge in [-0.15, -0.1) is 0 Å². The molecule has 1 saturated heterocycles. The predicted molar refractivity (Wildman–Crippen MR) is 145 cm³/mol. The fourth-order valence-electron chi connectivity index (χ4n) is 6.69. The lowest BCUT2D eigenvalue weighted by Crippen LogP contribution is -2.48. The zero-order valence-corrected chi connectivity index (χ0v) is 21.6. The van der Waals surface area contributed by atoms with Crippen molar-refractivity contribution in [1.29, 1.82) is 0 Å². The van der Waals surface area contributed by atoms with E-state index in [1.165, 1.54) is 24.8 Å². The third kappa shape index (κ3) is 4.27. The maximum atomic E-state index is 13.9. The van der Waals surface area contributed by atoms with Crippen LogP contribution in [0.5, 0.6) is 0 Å². The lowest BCUT2D eigenvalue weighted by atomic mass is 9.81. The van der Waals surface area contributed by atoms with Crippen LogP contribution in [0.15, 0.2) is 48.0 Å². The Morgan fingerprint density at radius 3 is 2.43 bits per heavy atom. The Balaban J connectivity index is 1.56. The summed E-state index contributed by atoms with van der Waals surface area (Å²) in [5, 5.41) is 10.9. The highest BCUT2D eigenvalue weighted by Crippen LogP contribution is 2.46. The number of fused-ring (bicyclic) bond motifs is 5. The molecule has 3 aliphatic rings. The van der Waals surface area contributed by atoms with E-state index in [1.807, 2.05) is 37.0 Å². The number of nitrogens with zero attached hydrogens (tertiary/aromatic N) is 2. The van der Waals surface area contributed by atoms with Crippen molar-refractivity contribution >= 4 is 28.9 Å². The fraction of sp³-hybridized carbons (Fsp3) is 0.419. The molecule has 0 radical (unpaired) electrons. The molecule has 3 heterocycles. The maximum absolute atomic E-state index is 13.9. The van der Waals surface area contributed by atoms with Gasteiger partial charge in [-0.1, -0.05) is 49.6 Å². The van der Waals surface area contributed by atoms with Crippen LogP contribution in [0.25, 0.3) is 28.2 Å². The number of aromatic nitrogens is 1. The Morgan fingerprint density at radius 1 is 0.973 bits per heavy atom. The average molecular weight is 499 g/mol. The number of amides is 1. The first-order valence-electron chi connectivity index (χ1n) is 13.5. The minimum absolute atomic E-state index is 0.00892. The van der Waals surface area contributed by atoms with Gasteiger partial charge in [0.1, 0.15) is 0 Å². The van der Waals surface area contributed by atoms with Crippen LogP contribution >= 0.6 is 0 Å². The molecule has 2 aliphatic heterocycles. The molecule has 1 amide bonds. The van der Waals surface area contributed by atoms with Gasteiger partial charge in [-0.2, -0.15) is 0 Å². The SMILES string of the molecule is C[C@@H]1CN(C(=O)C2=Cc3ccccc3-c3c(C4CCCCC4)c4ccc(C(=O)O)cc4n3C2)C[C@H](C)O1. The Labute approximate surface area is 217 Å². The second kappa shape index (κ2) is 9.49. The quantitative estimate of drug-likeness (QED) is 0.475.